The van der Waals surface area contributed by atoms with Gasteiger partial charge < -0.3 is 10.1 Å². The number of hydrogen-bond donors (Lipinski definition) is 1. The Balaban J connectivity index is 1.54. The molecule has 1 N–H and O–H groups in total. The highest BCUT2D eigenvalue weighted by Gasteiger charge is 2.12. The number of nitrogens with zero attached hydrogens (tertiary/aromatic N) is 3. The number of amides is 1. The van der Waals surface area contributed by atoms with Crippen molar-refractivity contribution in [2.24, 2.45) is 0 Å². The summed E-state index contributed by atoms with van der Waals surface area (Å²) in [7, 11) is 0. The van der Waals surface area contributed by atoms with E-state index in [9.17, 15) is 14.9 Å². The molecule has 8 heteroatoms. The van der Waals surface area contributed by atoms with E-state index in [2.05, 4.69) is 15.3 Å². The van der Waals surface area contributed by atoms with Gasteiger partial charge in [-0.3, -0.25) is 19.9 Å². The van der Waals surface area contributed by atoms with E-state index in [4.69, 9.17) is 4.74 Å². The Morgan fingerprint density at radius 2 is 1.77 bits per heavy atom. The predicted octanol–water partition coefficient (Wildman–Crippen LogP) is 4.89. The summed E-state index contributed by atoms with van der Waals surface area (Å²) in [4.78, 5) is 31.3. The van der Waals surface area contributed by atoms with Gasteiger partial charge >= 0.3 is 0 Å². The molecule has 4 rings (SSSR count). The molecule has 0 saturated carbocycles. The molecule has 0 bridgehead atoms. The van der Waals surface area contributed by atoms with Gasteiger partial charge in [0.05, 0.1) is 10.4 Å². The van der Waals surface area contributed by atoms with Crippen LogP contribution in [0.3, 0.4) is 0 Å². The fourth-order valence-electron chi connectivity index (χ4n) is 2.91. The van der Waals surface area contributed by atoms with Crippen molar-refractivity contribution < 1.29 is 14.5 Å². The number of rotatable bonds is 5. The van der Waals surface area contributed by atoms with E-state index in [1.54, 1.807) is 54.9 Å². The average molecular weight is 400 g/mol. The summed E-state index contributed by atoms with van der Waals surface area (Å²) >= 11 is 0. The highest BCUT2D eigenvalue weighted by atomic mass is 16.6. The molecule has 8 nitrogen and oxygen atoms in total. The van der Waals surface area contributed by atoms with Gasteiger partial charge in [0.15, 0.2) is 0 Å². The third kappa shape index (κ3) is 4.07. The van der Waals surface area contributed by atoms with Crippen molar-refractivity contribution in [1.29, 1.82) is 0 Å². The van der Waals surface area contributed by atoms with Crippen molar-refractivity contribution in [1.82, 2.24) is 9.97 Å². The first-order valence-electron chi connectivity index (χ1n) is 9.05. The van der Waals surface area contributed by atoms with Gasteiger partial charge in [-0.15, -0.1) is 0 Å². The Labute approximate surface area is 171 Å². The molecule has 0 radical (unpaired) electrons. The largest absolute Gasteiger partial charge is 0.457 e. The summed E-state index contributed by atoms with van der Waals surface area (Å²) in [6, 6.07) is 16.2. The maximum atomic E-state index is 12.4. The summed E-state index contributed by atoms with van der Waals surface area (Å²) in [5, 5.41) is 14.3. The lowest BCUT2D eigenvalue weighted by atomic mass is 10.1. The number of pyridine rings is 2. The number of nitro benzene ring substituents is 1. The number of hydrogen-bond acceptors (Lipinski definition) is 6. The lowest BCUT2D eigenvalue weighted by molar-refractivity contribution is -0.384. The number of non-ortho nitro benzene ring substituents is 1. The molecule has 0 atom stereocenters. The van der Waals surface area contributed by atoms with Gasteiger partial charge in [-0.25, -0.2) is 4.98 Å². The maximum absolute atomic E-state index is 12.4. The molecular formula is C22H16N4O4. The Bertz CT molecular complexity index is 1260. The van der Waals surface area contributed by atoms with Crippen LogP contribution in [-0.2, 0) is 0 Å². The second-order valence-corrected chi connectivity index (χ2v) is 6.57. The zero-order valence-corrected chi connectivity index (χ0v) is 15.9. The molecule has 0 aliphatic heterocycles. The van der Waals surface area contributed by atoms with E-state index in [0.29, 0.717) is 33.8 Å². The van der Waals surface area contributed by atoms with Gasteiger partial charge in [-0.1, -0.05) is 0 Å². The quantitative estimate of drug-likeness (QED) is 0.377. The van der Waals surface area contributed by atoms with Gasteiger partial charge in [0, 0.05) is 35.5 Å². The number of benzene rings is 2. The van der Waals surface area contributed by atoms with Crippen LogP contribution >= 0.6 is 0 Å². The molecule has 0 aliphatic carbocycles. The summed E-state index contributed by atoms with van der Waals surface area (Å²) in [5.41, 5.74) is 1.98. The fraction of sp³-hybridized carbons (Fsp3) is 0.0455. The third-order valence-electron chi connectivity index (χ3n) is 4.40. The number of carbonyl (C=O) groups is 1. The second kappa shape index (κ2) is 7.96. The lowest BCUT2D eigenvalue weighted by Gasteiger charge is -2.09. The van der Waals surface area contributed by atoms with Crippen LogP contribution in [0.25, 0.3) is 10.9 Å². The molecule has 0 saturated heterocycles. The molecular weight excluding hydrogens is 384 g/mol. The topological polar surface area (TPSA) is 107 Å². The zero-order chi connectivity index (χ0) is 21.1. The third-order valence-corrected chi connectivity index (χ3v) is 4.40. The Kier molecular flexibility index (Phi) is 5.04. The van der Waals surface area contributed by atoms with E-state index >= 15 is 0 Å². The lowest BCUT2D eigenvalue weighted by Crippen LogP contribution is -2.12. The van der Waals surface area contributed by atoms with Crippen LogP contribution < -0.4 is 10.1 Å². The van der Waals surface area contributed by atoms with Gasteiger partial charge in [-0.2, -0.15) is 0 Å². The molecule has 0 spiro atoms. The zero-order valence-electron chi connectivity index (χ0n) is 15.9. The first kappa shape index (κ1) is 19.0. The van der Waals surface area contributed by atoms with Crippen LogP contribution in [0.15, 0.2) is 73.1 Å². The summed E-state index contributed by atoms with van der Waals surface area (Å²) in [5.74, 6) is 1.11. The van der Waals surface area contributed by atoms with Crippen molar-refractivity contribution in [2.45, 2.75) is 6.92 Å². The highest BCUT2D eigenvalue weighted by molar-refractivity contribution is 6.03. The smallest absolute Gasteiger partial charge is 0.270 e. The first-order valence-corrected chi connectivity index (χ1v) is 9.05. The van der Waals surface area contributed by atoms with Gasteiger partial charge in [0.2, 0.25) is 0 Å². The summed E-state index contributed by atoms with van der Waals surface area (Å²) in [6.07, 6.45) is 3.20. The molecule has 0 aliphatic rings. The van der Waals surface area contributed by atoms with E-state index < -0.39 is 4.92 Å². The molecule has 2 aromatic heterocycles. The average Bonchev–Trinajstić information content (AvgIpc) is 2.74. The normalized spacial score (nSPS) is 10.6. The Morgan fingerprint density at radius 1 is 1.00 bits per heavy atom. The van der Waals surface area contributed by atoms with Gasteiger partial charge in [0.25, 0.3) is 11.6 Å². The van der Waals surface area contributed by atoms with Crippen LogP contribution in [0, 0.1) is 17.0 Å². The number of nitro groups is 1. The van der Waals surface area contributed by atoms with Crippen LogP contribution in [-0.4, -0.2) is 20.8 Å². The van der Waals surface area contributed by atoms with Crippen molar-refractivity contribution >= 4 is 28.3 Å². The maximum Gasteiger partial charge on any atom is 0.270 e. The molecule has 0 fully saturated rings. The number of ether oxygens (including phenoxy) is 1. The monoisotopic (exact) mass is 400 g/mol. The van der Waals surface area contributed by atoms with Crippen molar-refractivity contribution in [3.05, 3.63) is 94.3 Å². The molecule has 4 aromatic rings. The number of fused-ring (bicyclic) bond motifs is 1. The molecule has 2 aromatic carbocycles. The summed E-state index contributed by atoms with van der Waals surface area (Å²) < 4.78 is 5.89. The van der Waals surface area contributed by atoms with E-state index in [1.807, 2.05) is 13.0 Å². The van der Waals surface area contributed by atoms with Crippen LogP contribution in [0.2, 0.25) is 0 Å². The minimum atomic E-state index is -0.466. The second-order valence-electron chi connectivity index (χ2n) is 6.57. The molecule has 2 heterocycles. The molecule has 1 amide bonds. The number of carbonyl (C=O) groups excluding carboxylic acids is 1. The molecule has 148 valence electrons. The SMILES string of the molecule is Cc1ccnc(NC(=O)c2ccc(Oc3ccnc4ccc([N+](=O)[O-])cc34)cc2)c1. The van der Waals surface area contributed by atoms with E-state index in [-0.39, 0.29) is 11.6 Å². The minimum absolute atomic E-state index is 0.0443. The molecule has 0 unspecified atom stereocenters. The van der Waals surface area contributed by atoms with Crippen LogP contribution in [0.4, 0.5) is 11.5 Å². The van der Waals surface area contributed by atoms with Crippen molar-refractivity contribution in [3.8, 4) is 11.5 Å². The Hall–Kier alpha value is -4.33. The number of nitrogens with one attached hydrogen (secondary N) is 1. The van der Waals surface area contributed by atoms with E-state index in [1.165, 1.54) is 12.1 Å². The van der Waals surface area contributed by atoms with E-state index in [0.717, 1.165) is 5.56 Å². The van der Waals surface area contributed by atoms with Gasteiger partial charge in [0.1, 0.15) is 17.3 Å². The number of aryl methyl sites for hydroxylation is 1. The van der Waals surface area contributed by atoms with Crippen LogP contribution in [0.5, 0.6) is 11.5 Å². The fourth-order valence-corrected chi connectivity index (χ4v) is 2.91. The minimum Gasteiger partial charge on any atom is -0.457 e. The summed E-state index contributed by atoms with van der Waals surface area (Å²) in [6.45, 7) is 1.92. The van der Waals surface area contributed by atoms with Crippen molar-refractivity contribution in [3.63, 3.8) is 0 Å². The highest BCUT2D eigenvalue weighted by Crippen LogP contribution is 2.31. The Morgan fingerprint density at radius 3 is 2.50 bits per heavy atom. The standard InChI is InChI=1S/C22H16N4O4/c1-14-8-10-24-21(12-14)25-22(27)15-2-5-17(6-3-15)30-20-9-11-23-19-7-4-16(26(28)29)13-18(19)20/h2-13H,1H3,(H,24,25,27). The first-order chi connectivity index (χ1) is 14.5. The van der Waals surface area contributed by atoms with Crippen molar-refractivity contribution in [2.75, 3.05) is 5.32 Å². The van der Waals surface area contributed by atoms with Gasteiger partial charge in [-0.05, 0) is 61.0 Å². The number of aromatic nitrogens is 2. The predicted molar refractivity (Wildman–Crippen MR) is 112 cm³/mol. The number of anilines is 1. The molecule has 30 heavy (non-hydrogen) atoms. The van der Waals surface area contributed by atoms with Crippen LogP contribution in [0.1, 0.15) is 15.9 Å².